The Kier molecular flexibility index (Phi) is 6.22. The van der Waals surface area contributed by atoms with Crippen LogP contribution in [-0.4, -0.2) is 21.9 Å². The number of aryl methyl sites for hydroxylation is 2. The van der Waals surface area contributed by atoms with Crippen molar-refractivity contribution in [3.05, 3.63) is 91.0 Å². The highest BCUT2D eigenvalue weighted by molar-refractivity contribution is 5.28. The van der Waals surface area contributed by atoms with E-state index in [9.17, 15) is 20.2 Å². The first-order valence-corrected chi connectivity index (χ1v) is 10.5. The standard InChI is InChI=1S/C23H29N3O4/c1-5-15-7-11-17(12-8-15)19-21(25(27)28)23(3,4)22(26(29)30)20(24-19)18-13-9-16(6-2)10-14-18/h7-14,19-22,24H,5-6H2,1-4H3/p+1/t19-,20-,21+,22+/m0/s1. The van der Waals surface area contributed by atoms with Crippen LogP contribution in [0.15, 0.2) is 48.5 Å². The molecule has 0 amide bonds. The van der Waals surface area contributed by atoms with Crippen LogP contribution in [0.25, 0.3) is 0 Å². The molecule has 0 saturated carbocycles. The maximum atomic E-state index is 12.1. The third-order valence-corrected chi connectivity index (χ3v) is 6.62. The molecule has 2 N–H and O–H groups in total. The van der Waals surface area contributed by atoms with Gasteiger partial charge < -0.3 is 5.32 Å². The van der Waals surface area contributed by atoms with Gasteiger partial charge in [0.1, 0.15) is 5.41 Å². The maximum absolute atomic E-state index is 12.1. The largest absolute Gasteiger partial charge is 0.322 e. The van der Waals surface area contributed by atoms with E-state index < -0.39 is 29.6 Å². The minimum absolute atomic E-state index is 0.332. The molecule has 0 unspecified atom stereocenters. The highest BCUT2D eigenvalue weighted by atomic mass is 16.6. The number of nitrogens with zero attached hydrogens (tertiary/aromatic N) is 2. The van der Waals surface area contributed by atoms with Crippen molar-refractivity contribution >= 4 is 0 Å². The molecule has 7 heteroatoms. The van der Waals surface area contributed by atoms with Gasteiger partial charge in [-0.3, -0.25) is 20.2 Å². The Morgan fingerprint density at radius 3 is 1.37 bits per heavy atom. The van der Waals surface area contributed by atoms with E-state index >= 15 is 0 Å². The molecule has 1 heterocycles. The number of hydrogen-bond donors (Lipinski definition) is 1. The summed E-state index contributed by atoms with van der Waals surface area (Å²) in [6.45, 7) is 7.45. The lowest BCUT2D eigenvalue weighted by Crippen LogP contribution is -2.96. The molecule has 2 aromatic rings. The Morgan fingerprint density at radius 2 is 1.10 bits per heavy atom. The van der Waals surface area contributed by atoms with Crippen LogP contribution in [0.2, 0.25) is 0 Å². The number of piperidine rings is 1. The van der Waals surface area contributed by atoms with Gasteiger partial charge in [0.2, 0.25) is 0 Å². The lowest BCUT2D eigenvalue weighted by atomic mass is 9.66. The molecule has 0 aliphatic carbocycles. The van der Waals surface area contributed by atoms with E-state index in [0.717, 1.165) is 35.1 Å². The van der Waals surface area contributed by atoms with E-state index in [1.807, 2.05) is 53.8 Å². The molecule has 1 aliphatic heterocycles. The van der Waals surface area contributed by atoms with E-state index in [1.54, 1.807) is 13.8 Å². The highest BCUT2D eigenvalue weighted by Gasteiger charge is 2.65. The topological polar surface area (TPSA) is 103 Å². The summed E-state index contributed by atoms with van der Waals surface area (Å²) in [7, 11) is 0. The van der Waals surface area contributed by atoms with Crippen molar-refractivity contribution in [1.29, 1.82) is 0 Å². The molecule has 4 atom stereocenters. The summed E-state index contributed by atoms with van der Waals surface area (Å²) in [6, 6.07) is 12.5. The zero-order valence-corrected chi connectivity index (χ0v) is 17.9. The maximum Gasteiger partial charge on any atom is 0.279 e. The molecule has 0 spiro atoms. The average Bonchev–Trinajstić information content (AvgIpc) is 2.71. The summed E-state index contributed by atoms with van der Waals surface area (Å²) in [6.07, 6.45) is 1.77. The first kappa shape index (κ1) is 21.9. The fourth-order valence-corrected chi connectivity index (χ4v) is 4.88. The van der Waals surface area contributed by atoms with Gasteiger partial charge in [0.25, 0.3) is 12.1 Å². The van der Waals surface area contributed by atoms with E-state index in [1.165, 1.54) is 0 Å². The molecule has 160 valence electrons. The van der Waals surface area contributed by atoms with E-state index in [-0.39, 0.29) is 9.85 Å². The number of benzene rings is 2. The van der Waals surface area contributed by atoms with Crippen molar-refractivity contribution in [2.24, 2.45) is 5.41 Å². The van der Waals surface area contributed by atoms with Crippen LogP contribution in [0.3, 0.4) is 0 Å². The molecule has 1 saturated heterocycles. The molecule has 0 aromatic heterocycles. The van der Waals surface area contributed by atoms with Gasteiger partial charge in [0.15, 0.2) is 12.1 Å². The zero-order valence-electron chi connectivity index (χ0n) is 17.9. The van der Waals surface area contributed by atoms with Gasteiger partial charge in [-0.05, 0) is 37.8 Å². The average molecular weight is 413 g/mol. The molecule has 1 aliphatic rings. The molecular formula is C23H30N3O4+. The lowest BCUT2D eigenvalue weighted by molar-refractivity contribution is -0.818. The van der Waals surface area contributed by atoms with Crippen molar-refractivity contribution in [3.63, 3.8) is 0 Å². The first-order valence-electron chi connectivity index (χ1n) is 10.5. The van der Waals surface area contributed by atoms with Gasteiger partial charge in [-0.1, -0.05) is 62.4 Å². The molecule has 3 rings (SSSR count). The van der Waals surface area contributed by atoms with Gasteiger partial charge >= 0.3 is 0 Å². The number of nitrogens with two attached hydrogens (primary N) is 1. The van der Waals surface area contributed by atoms with Crippen molar-refractivity contribution < 1.29 is 15.2 Å². The van der Waals surface area contributed by atoms with Crippen LogP contribution in [0.1, 0.15) is 62.0 Å². The summed E-state index contributed by atoms with van der Waals surface area (Å²) in [5, 5.41) is 26.1. The third-order valence-electron chi connectivity index (χ3n) is 6.62. The fraction of sp³-hybridized carbons (Fsp3) is 0.478. The smallest absolute Gasteiger partial charge is 0.279 e. The summed E-state index contributed by atoms with van der Waals surface area (Å²) >= 11 is 0. The van der Waals surface area contributed by atoms with Crippen LogP contribution >= 0.6 is 0 Å². The molecule has 1 fully saturated rings. The molecular weight excluding hydrogens is 382 g/mol. The quantitative estimate of drug-likeness (QED) is 0.579. The minimum atomic E-state index is -1.13. The summed E-state index contributed by atoms with van der Waals surface area (Å²) < 4.78 is 0. The van der Waals surface area contributed by atoms with Crippen LogP contribution < -0.4 is 5.32 Å². The summed E-state index contributed by atoms with van der Waals surface area (Å²) in [5.41, 5.74) is 2.84. The monoisotopic (exact) mass is 412 g/mol. The predicted molar refractivity (Wildman–Crippen MR) is 114 cm³/mol. The Morgan fingerprint density at radius 1 is 0.767 bits per heavy atom. The Bertz CT molecular complexity index is 836. The number of quaternary nitrogens is 1. The second kappa shape index (κ2) is 8.52. The first-order chi connectivity index (χ1) is 14.2. The number of hydrogen-bond acceptors (Lipinski definition) is 4. The lowest BCUT2D eigenvalue weighted by Gasteiger charge is -2.41. The Hall–Kier alpha value is -2.80. The van der Waals surface area contributed by atoms with Crippen molar-refractivity contribution in [2.45, 2.75) is 64.7 Å². The normalized spacial score (nSPS) is 25.6. The van der Waals surface area contributed by atoms with E-state index in [2.05, 4.69) is 13.8 Å². The molecule has 7 nitrogen and oxygen atoms in total. The van der Waals surface area contributed by atoms with Crippen molar-refractivity contribution in [1.82, 2.24) is 0 Å². The summed E-state index contributed by atoms with van der Waals surface area (Å²) in [5.74, 6) is 0. The highest BCUT2D eigenvalue weighted by Crippen LogP contribution is 2.43. The van der Waals surface area contributed by atoms with Gasteiger partial charge in [-0.25, -0.2) is 0 Å². The minimum Gasteiger partial charge on any atom is -0.322 e. The zero-order chi connectivity index (χ0) is 22.1. The Balaban J connectivity index is 2.11. The van der Waals surface area contributed by atoms with E-state index in [0.29, 0.717) is 0 Å². The van der Waals surface area contributed by atoms with Crippen molar-refractivity contribution in [2.75, 3.05) is 0 Å². The van der Waals surface area contributed by atoms with Gasteiger partial charge in [0.05, 0.1) is 0 Å². The number of rotatable bonds is 6. The van der Waals surface area contributed by atoms with Gasteiger partial charge in [-0.15, -0.1) is 0 Å². The predicted octanol–water partition coefficient (Wildman–Crippen LogP) is 3.49. The van der Waals surface area contributed by atoms with Crippen LogP contribution in [0, 0.1) is 25.6 Å². The number of nitro groups is 2. The second-order valence-corrected chi connectivity index (χ2v) is 8.72. The van der Waals surface area contributed by atoms with Crippen LogP contribution in [0.4, 0.5) is 0 Å². The van der Waals surface area contributed by atoms with Gasteiger partial charge in [0, 0.05) is 21.0 Å². The molecule has 0 radical (unpaired) electrons. The van der Waals surface area contributed by atoms with E-state index in [4.69, 9.17) is 0 Å². The molecule has 2 aromatic carbocycles. The van der Waals surface area contributed by atoms with Crippen molar-refractivity contribution in [3.8, 4) is 0 Å². The Labute approximate surface area is 176 Å². The third kappa shape index (κ3) is 3.94. The fourth-order valence-electron chi connectivity index (χ4n) is 4.88. The van der Waals surface area contributed by atoms with Crippen LogP contribution in [-0.2, 0) is 12.8 Å². The van der Waals surface area contributed by atoms with Crippen LogP contribution in [0.5, 0.6) is 0 Å². The van der Waals surface area contributed by atoms with Gasteiger partial charge in [-0.2, -0.15) is 0 Å². The second-order valence-electron chi connectivity index (χ2n) is 8.72. The summed E-state index contributed by atoms with van der Waals surface area (Å²) in [4.78, 5) is 23.6. The SMILES string of the molecule is CCc1ccc([C@@H]2[NH2+][C@@H](c3ccc(CC)cc3)[C@@H]([N+](=O)[O-])C(C)(C)[C@@H]2[N+](=O)[O-])cc1. The molecule has 0 bridgehead atoms. The molecule has 30 heavy (non-hydrogen) atoms.